The Kier molecular flexibility index (Phi) is 3.82. The number of halogens is 3. The molecular weight excluding hydrogens is 259 g/mol. The number of nitrogens with zero attached hydrogens (tertiary/aromatic N) is 2. The summed E-state index contributed by atoms with van der Waals surface area (Å²) in [5.41, 5.74) is 4.30. The van der Waals surface area contributed by atoms with Crippen LogP contribution >= 0.6 is 0 Å². The third-order valence-corrected chi connectivity index (χ3v) is 3.61. The molecule has 1 aliphatic rings. The average molecular weight is 275 g/mol. The van der Waals surface area contributed by atoms with E-state index < -0.39 is 23.8 Å². The summed E-state index contributed by atoms with van der Waals surface area (Å²) in [4.78, 5) is 14.7. The summed E-state index contributed by atoms with van der Waals surface area (Å²) in [6.45, 7) is 0. The van der Waals surface area contributed by atoms with Crippen LogP contribution in [-0.2, 0) is 11.0 Å². The van der Waals surface area contributed by atoms with Crippen LogP contribution in [0.25, 0.3) is 0 Å². The van der Waals surface area contributed by atoms with Crippen LogP contribution < -0.4 is 5.73 Å². The number of rotatable bonds is 4. The van der Waals surface area contributed by atoms with Gasteiger partial charge in [0.15, 0.2) is 5.69 Å². The van der Waals surface area contributed by atoms with E-state index in [0.717, 1.165) is 38.2 Å². The normalized spacial score (nSPS) is 18.7. The monoisotopic (exact) mass is 275 g/mol. The standard InChI is InChI=1S/C12H16F3N3O/c13-12(14,15)10-6-18(7-17-10)9(11(16)19)5-8-3-1-2-4-8/h6-9H,1-5H2,(H2,16,19). The van der Waals surface area contributed by atoms with Gasteiger partial charge in [0.1, 0.15) is 6.04 Å². The lowest BCUT2D eigenvalue weighted by Crippen LogP contribution is -2.27. The largest absolute Gasteiger partial charge is 0.434 e. The Morgan fingerprint density at radius 1 is 1.47 bits per heavy atom. The van der Waals surface area contributed by atoms with Gasteiger partial charge in [-0.05, 0) is 12.3 Å². The molecule has 0 radical (unpaired) electrons. The number of amides is 1. The summed E-state index contributed by atoms with van der Waals surface area (Å²) in [6, 6.07) is -0.744. The first-order valence-electron chi connectivity index (χ1n) is 6.28. The maximum absolute atomic E-state index is 12.5. The molecule has 0 aliphatic heterocycles. The van der Waals surface area contributed by atoms with Crippen LogP contribution in [0.2, 0.25) is 0 Å². The Balaban J connectivity index is 2.14. The van der Waals surface area contributed by atoms with Gasteiger partial charge in [-0.1, -0.05) is 25.7 Å². The summed E-state index contributed by atoms with van der Waals surface area (Å²) >= 11 is 0. The lowest BCUT2D eigenvalue weighted by molar-refractivity contribution is -0.141. The fourth-order valence-electron chi connectivity index (χ4n) is 2.60. The first-order valence-corrected chi connectivity index (χ1v) is 6.28. The Labute approximate surface area is 108 Å². The molecule has 0 aromatic carbocycles. The highest BCUT2D eigenvalue weighted by Crippen LogP contribution is 2.33. The van der Waals surface area contributed by atoms with E-state index in [-0.39, 0.29) is 0 Å². The molecule has 19 heavy (non-hydrogen) atoms. The van der Waals surface area contributed by atoms with Gasteiger partial charge in [0.05, 0.1) is 6.33 Å². The van der Waals surface area contributed by atoms with Gasteiger partial charge < -0.3 is 10.3 Å². The first-order chi connectivity index (χ1) is 8.88. The Morgan fingerprint density at radius 2 is 2.11 bits per heavy atom. The molecule has 1 aromatic heterocycles. The highest BCUT2D eigenvalue weighted by atomic mass is 19.4. The summed E-state index contributed by atoms with van der Waals surface area (Å²) in [7, 11) is 0. The molecule has 1 atom stereocenters. The van der Waals surface area contributed by atoms with E-state index in [4.69, 9.17) is 5.73 Å². The molecule has 2 N–H and O–H groups in total. The second-order valence-corrected chi connectivity index (χ2v) is 5.01. The lowest BCUT2D eigenvalue weighted by Gasteiger charge is -2.18. The Bertz CT molecular complexity index is 449. The Morgan fingerprint density at radius 3 is 2.58 bits per heavy atom. The zero-order valence-electron chi connectivity index (χ0n) is 10.4. The Hall–Kier alpha value is -1.53. The molecule has 0 bridgehead atoms. The molecule has 1 fully saturated rings. The van der Waals surface area contributed by atoms with Crippen molar-refractivity contribution in [1.82, 2.24) is 9.55 Å². The number of hydrogen-bond donors (Lipinski definition) is 1. The molecule has 0 saturated heterocycles. The number of imidazole rings is 1. The number of alkyl halides is 3. The van der Waals surface area contributed by atoms with Gasteiger partial charge in [0.2, 0.25) is 5.91 Å². The molecule has 106 valence electrons. The summed E-state index contributed by atoms with van der Waals surface area (Å²) < 4.78 is 38.6. The smallest absolute Gasteiger partial charge is 0.368 e. The summed E-state index contributed by atoms with van der Waals surface area (Å²) in [5, 5.41) is 0. The quantitative estimate of drug-likeness (QED) is 0.917. The second-order valence-electron chi connectivity index (χ2n) is 5.01. The van der Waals surface area contributed by atoms with Crippen LogP contribution in [0.1, 0.15) is 43.8 Å². The number of nitrogens with two attached hydrogens (primary N) is 1. The van der Waals surface area contributed by atoms with Crippen LogP contribution in [0, 0.1) is 5.92 Å². The lowest BCUT2D eigenvalue weighted by atomic mass is 9.98. The number of carbonyl (C=O) groups excluding carboxylic acids is 1. The molecular formula is C12H16F3N3O. The molecule has 1 unspecified atom stereocenters. The van der Waals surface area contributed by atoms with E-state index in [9.17, 15) is 18.0 Å². The van der Waals surface area contributed by atoms with Gasteiger partial charge in [0, 0.05) is 6.20 Å². The van der Waals surface area contributed by atoms with E-state index in [1.165, 1.54) is 4.57 Å². The van der Waals surface area contributed by atoms with Crippen molar-refractivity contribution in [3.05, 3.63) is 18.2 Å². The summed E-state index contributed by atoms with van der Waals surface area (Å²) in [6.07, 6.45) is 2.10. The van der Waals surface area contributed by atoms with Gasteiger partial charge in [-0.3, -0.25) is 4.79 Å². The van der Waals surface area contributed by atoms with E-state index in [2.05, 4.69) is 4.98 Å². The van der Waals surface area contributed by atoms with Crippen LogP contribution in [0.3, 0.4) is 0 Å². The molecule has 0 spiro atoms. The topological polar surface area (TPSA) is 60.9 Å². The first kappa shape index (κ1) is 13.9. The highest BCUT2D eigenvalue weighted by molar-refractivity contribution is 5.78. The van der Waals surface area contributed by atoms with Gasteiger partial charge in [-0.25, -0.2) is 4.98 Å². The molecule has 1 heterocycles. The second kappa shape index (κ2) is 5.22. The van der Waals surface area contributed by atoms with Crippen molar-refractivity contribution in [2.24, 2.45) is 11.7 Å². The van der Waals surface area contributed by atoms with Crippen molar-refractivity contribution >= 4 is 5.91 Å². The maximum Gasteiger partial charge on any atom is 0.434 e. The number of hydrogen-bond acceptors (Lipinski definition) is 2. The SMILES string of the molecule is NC(=O)C(CC1CCCC1)n1cnc(C(F)(F)F)c1. The van der Waals surface area contributed by atoms with Gasteiger partial charge in [-0.15, -0.1) is 0 Å². The molecule has 1 amide bonds. The van der Waals surface area contributed by atoms with Gasteiger partial charge in [-0.2, -0.15) is 13.2 Å². The molecule has 1 aromatic rings. The van der Waals surface area contributed by atoms with Crippen LogP contribution in [-0.4, -0.2) is 15.5 Å². The molecule has 7 heteroatoms. The maximum atomic E-state index is 12.5. The third kappa shape index (κ3) is 3.27. The number of aromatic nitrogens is 2. The van der Waals surface area contributed by atoms with Gasteiger partial charge in [0.25, 0.3) is 0 Å². The van der Waals surface area contributed by atoms with Crippen LogP contribution in [0.4, 0.5) is 13.2 Å². The van der Waals surface area contributed by atoms with E-state index >= 15 is 0 Å². The van der Waals surface area contributed by atoms with E-state index in [0.29, 0.717) is 12.3 Å². The minimum Gasteiger partial charge on any atom is -0.368 e. The van der Waals surface area contributed by atoms with Gasteiger partial charge >= 0.3 is 6.18 Å². The number of carbonyl (C=O) groups is 1. The van der Waals surface area contributed by atoms with Crippen molar-refractivity contribution in [1.29, 1.82) is 0 Å². The zero-order chi connectivity index (χ0) is 14.0. The fourth-order valence-corrected chi connectivity index (χ4v) is 2.60. The summed E-state index contributed by atoms with van der Waals surface area (Å²) in [5.74, 6) is -0.257. The minimum absolute atomic E-state index is 0.356. The molecule has 2 rings (SSSR count). The van der Waals surface area contributed by atoms with Crippen LogP contribution in [0.5, 0.6) is 0 Å². The van der Waals surface area contributed by atoms with Crippen molar-refractivity contribution in [2.45, 2.75) is 44.3 Å². The molecule has 4 nitrogen and oxygen atoms in total. The van der Waals surface area contributed by atoms with Crippen LogP contribution in [0.15, 0.2) is 12.5 Å². The predicted octanol–water partition coefficient (Wildman–Crippen LogP) is 2.51. The number of primary amides is 1. The fraction of sp³-hybridized carbons (Fsp3) is 0.667. The minimum atomic E-state index is -4.50. The van der Waals surface area contributed by atoms with Crippen molar-refractivity contribution in [3.8, 4) is 0 Å². The highest BCUT2D eigenvalue weighted by Gasteiger charge is 2.35. The van der Waals surface area contributed by atoms with E-state index in [1.54, 1.807) is 0 Å². The zero-order valence-corrected chi connectivity index (χ0v) is 10.4. The third-order valence-electron chi connectivity index (χ3n) is 3.61. The van der Waals surface area contributed by atoms with Crippen molar-refractivity contribution in [3.63, 3.8) is 0 Å². The van der Waals surface area contributed by atoms with E-state index in [1.807, 2.05) is 0 Å². The predicted molar refractivity (Wildman–Crippen MR) is 62.0 cm³/mol. The van der Waals surface area contributed by atoms with Crippen molar-refractivity contribution in [2.75, 3.05) is 0 Å². The van der Waals surface area contributed by atoms with Crippen molar-refractivity contribution < 1.29 is 18.0 Å². The average Bonchev–Trinajstić information content (AvgIpc) is 2.95. The molecule has 1 saturated carbocycles. The molecule has 1 aliphatic carbocycles.